The standard InChI is InChI=1S/C9H11N3O2S/c10-7-3-4-12(9(15)11-7)8-2-1-6(5-13)14-8/h1-4,6,8,13H,5H2,(H2,10,11,15)/t6-,8+/m0/s1. The smallest absolute Gasteiger partial charge is 0.203 e. The van der Waals surface area contributed by atoms with Crippen molar-refractivity contribution in [2.45, 2.75) is 12.3 Å². The maximum atomic E-state index is 8.90. The fraction of sp³-hybridized carbons (Fsp3) is 0.333. The molecule has 0 amide bonds. The van der Waals surface area contributed by atoms with E-state index in [2.05, 4.69) is 4.98 Å². The van der Waals surface area contributed by atoms with Crippen molar-refractivity contribution in [2.75, 3.05) is 12.3 Å². The number of anilines is 1. The first-order chi connectivity index (χ1) is 7.20. The van der Waals surface area contributed by atoms with E-state index in [9.17, 15) is 0 Å². The summed E-state index contributed by atoms with van der Waals surface area (Å²) in [5.41, 5.74) is 5.49. The number of aliphatic hydroxyl groups excluding tert-OH is 1. The van der Waals surface area contributed by atoms with Crippen molar-refractivity contribution in [3.8, 4) is 0 Å². The van der Waals surface area contributed by atoms with Crippen molar-refractivity contribution in [1.29, 1.82) is 0 Å². The molecule has 0 saturated carbocycles. The highest BCUT2D eigenvalue weighted by Gasteiger charge is 2.19. The van der Waals surface area contributed by atoms with Crippen molar-refractivity contribution in [1.82, 2.24) is 9.55 Å². The van der Waals surface area contributed by atoms with Crippen LogP contribution in [0.4, 0.5) is 5.82 Å². The molecule has 1 aliphatic rings. The van der Waals surface area contributed by atoms with Gasteiger partial charge in [-0.2, -0.15) is 0 Å². The maximum Gasteiger partial charge on any atom is 0.203 e. The van der Waals surface area contributed by atoms with Crippen molar-refractivity contribution in [2.24, 2.45) is 0 Å². The van der Waals surface area contributed by atoms with Crippen molar-refractivity contribution in [3.63, 3.8) is 0 Å². The van der Waals surface area contributed by atoms with E-state index in [1.54, 1.807) is 22.9 Å². The molecule has 6 heteroatoms. The summed E-state index contributed by atoms with van der Waals surface area (Å²) in [6, 6.07) is 1.65. The van der Waals surface area contributed by atoms with E-state index in [0.717, 1.165) is 0 Å². The van der Waals surface area contributed by atoms with E-state index in [0.29, 0.717) is 10.6 Å². The molecule has 1 aromatic rings. The molecule has 3 N–H and O–H groups in total. The Morgan fingerprint density at radius 1 is 1.60 bits per heavy atom. The SMILES string of the molecule is Nc1ccn([C@H]2C=C[C@@H](CO)O2)c(=S)n1. The molecule has 0 saturated heterocycles. The molecule has 80 valence electrons. The summed E-state index contributed by atoms with van der Waals surface area (Å²) in [7, 11) is 0. The summed E-state index contributed by atoms with van der Waals surface area (Å²) in [5, 5.41) is 8.90. The summed E-state index contributed by atoms with van der Waals surface area (Å²) in [6.45, 7) is -0.0390. The minimum Gasteiger partial charge on any atom is -0.393 e. The number of hydrogen-bond donors (Lipinski definition) is 2. The molecule has 2 rings (SSSR count). The van der Waals surface area contributed by atoms with Crippen molar-refractivity contribution >= 4 is 18.0 Å². The summed E-state index contributed by atoms with van der Waals surface area (Å²) >= 11 is 5.05. The molecular weight excluding hydrogens is 214 g/mol. The Morgan fingerprint density at radius 3 is 3.00 bits per heavy atom. The first-order valence-corrected chi connectivity index (χ1v) is 4.91. The van der Waals surface area contributed by atoms with Crippen LogP contribution in [-0.2, 0) is 4.74 Å². The maximum absolute atomic E-state index is 8.90. The zero-order valence-corrected chi connectivity index (χ0v) is 8.72. The molecule has 2 atom stereocenters. The van der Waals surface area contributed by atoms with E-state index < -0.39 is 0 Å². The van der Waals surface area contributed by atoms with Crippen LogP contribution in [-0.4, -0.2) is 27.4 Å². The largest absolute Gasteiger partial charge is 0.393 e. The van der Waals surface area contributed by atoms with Gasteiger partial charge >= 0.3 is 0 Å². The Labute approximate surface area is 91.8 Å². The lowest BCUT2D eigenvalue weighted by Crippen LogP contribution is -2.16. The molecular formula is C9H11N3O2S. The summed E-state index contributed by atoms with van der Waals surface area (Å²) in [4.78, 5) is 3.95. The third kappa shape index (κ3) is 2.06. The van der Waals surface area contributed by atoms with Crippen LogP contribution in [0.25, 0.3) is 0 Å². The summed E-state index contributed by atoms with van der Waals surface area (Å²) < 4.78 is 7.51. The highest BCUT2D eigenvalue weighted by molar-refractivity contribution is 7.71. The van der Waals surface area contributed by atoms with Crippen LogP contribution in [0.2, 0.25) is 0 Å². The zero-order chi connectivity index (χ0) is 10.8. The second-order valence-electron chi connectivity index (χ2n) is 3.17. The summed E-state index contributed by atoms with van der Waals surface area (Å²) in [6.07, 6.45) is 4.77. The van der Waals surface area contributed by atoms with Gasteiger partial charge in [0.2, 0.25) is 4.77 Å². The topological polar surface area (TPSA) is 73.3 Å². The third-order valence-electron chi connectivity index (χ3n) is 2.11. The van der Waals surface area contributed by atoms with Crippen LogP contribution in [0.1, 0.15) is 6.23 Å². The third-order valence-corrected chi connectivity index (χ3v) is 2.41. The monoisotopic (exact) mass is 225 g/mol. The molecule has 0 unspecified atom stereocenters. The molecule has 0 spiro atoms. The number of ether oxygens (including phenoxy) is 1. The van der Waals surface area contributed by atoms with Crippen molar-refractivity contribution < 1.29 is 9.84 Å². The Kier molecular flexibility index (Phi) is 2.81. The van der Waals surface area contributed by atoms with Gasteiger partial charge in [-0.1, -0.05) is 6.08 Å². The van der Waals surface area contributed by atoms with Gasteiger partial charge in [0.25, 0.3) is 0 Å². The molecule has 0 bridgehead atoms. The van der Waals surface area contributed by atoms with Gasteiger partial charge < -0.3 is 15.6 Å². The molecule has 0 aromatic carbocycles. The Bertz CT molecular complexity index is 443. The Hall–Kier alpha value is -1.24. The Morgan fingerprint density at radius 2 is 2.40 bits per heavy atom. The molecule has 0 aliphatic carbocycles. The fourth-order valence-corrected chi connectivity index (χ4v) is 1.64. The number of rotatable bonds is 2. The molecule has 2 heterocycles. The van der Waals surface area contributed by atoms with E-state index in [-0.39, 0.29) is 18.9 Å². The van der Waals surface area contributed by atoms with Gasteiger partial charge in [-0.3, -0.25) is 4.57 Å². The molecule has 1 aliphatic heterocycles. The number of aromatic nitrogens is 2. The number of nitrogen functional groups attached to an aromatic ring is 1. The second kappa shape index (κ2) is 4.09. The predicted molar refractivity (Wildman–Crippen MR) is 57.6 cm³/mol. The summed E-state index contributed by atoms with van der Waals surface area (Å²) in [5.74, 6) is 0.386. The lowest BCUT2D eigenvalue weighted by atomic mass is 10.4. The minimum absolute atomic E-state index is 0.0390. The lowest BCUT2D eigenvalue weighted by molar-refractivity contribution is -0.00932. The van der Waals surface area contributed by atoms with E-state index in [4.69, 9.17) is 27.8 Å². The lowest BCUT2D eigenvalue weighted by Gasteiger charge is -2.15. The van der Waals surface area contributed by atoms with Crippen LogP contribution < -0.4 is 5.73 Å². The highest BCUT2D eigenvalue weighted by atomic mass is 32.1. The second-order valence-corrected chi connectivity index (χ2v) is 3.54. The number of hydrogen-bond acceptors (Lipinski definition) is 5. The average molecular weight is 225 g/mol. The minimum atomic E-state index is -0.303. The molecule has 5 nitrogen and oxygen atoms in total. The first kappa shape index (κ1) is 10.3. The van der Waals surface area contributed by atoms with Gasteiger partial charge in [0.15, 0.2) is 6.23 Å². The van der Waals surface area contributed by atoms with Gasteiger partial charge in [0.05, 0.1) is 6.61 Å². The van der Waals surface area contributed by atoms with Crippen molar-refractivity contribution in [3.05, 3.63) is 29.2 Å². The average Bonchev–Trinajstić information content (AvgIpc) is 2.66. The van der Waals surface area contributed by atoms with E-state index >= 15 is 0 Å². The highest BCUT2D eigenvalue weighted by Crippen LogP contribution is 2.20. The predicted octanol–water partition coefficient (Wildman–Crippen LogP) is 0.641. The quantitative estimate of drug-likeness (QED) is 0.571. The molecule has 1 aromatic heterocycles. The molecule has 0 fully saturated rings. The molecule has 15 heavy (non-hydrogen) atoms. The van der Waals surface area contributed by atoms with Gasteiger partial charge in [0, 0.05) is 6.20 Å². The van der Waals surface area contributed by atoms with Crippen LogP contribution in [0, 0.1) is 4.77 Å². The van der Waals surface area contributed by atoms with E-state index in [1.165, 1.54) is 0 Å². The molecule has 0 radical (unpaired) electrons. The zero-order valence-electron chi connectivity index (χ0n) is 7.91. The first-order valence-electron chi connectivity index (χ1n) is 4.50. The number of nitrogens with zero attached hydrogens (tertiary/aromatic N) is 2. The van der Waals surface area contributed by atoms with E-state index in [1.807, 2.05) is 6.08 Å². The van der Waals surface area contributed by atoms with Crippen LogP contribution in [0.15, 0.2) is 24.4 Å². The van der Waals surface area contributed by atoms with Crippen LogP contribution >= 0.6 is 12.2 Å². The van der Waals surface area contributed by atoms with Gasteiger partial charge in [-0.15, -0.1) is 0 Å². The Balaban J connectivity index is 2.25. The van der Waals surface area contributed by atoms with Gasteiger partial charge in [-0.25, -0.2) is 4.98 Å². The van der Waals surface area contributed by atoms with Crippen LogP contribution in [0.5, 0.6) is 0 Å². The fourth-order valence-electron chi connectivity index (χ4n) is 1.37. The number of aliphatic hydroxyl groups is 1. The van der Waals surface area contributed by atoms with Gasteiger partial charge in [0.1, 0.15) is 11.9 Å². The van der Waals surface area contributed by atoms with Gasteiger partial charge in [-0.05, 0) is 24.4 Å². The van der Waals surface area contributed by atoms with Crippen LogP contribution in [0.3, 0.4) is 0 Å². The number of nitrogens with two attached hydrogens (primary N) is 1. The normalized spacial score (nSPS) is 24.6.